The number of amides is 1. The van der Waals surface area contributed by atoms with Crippen molar-refractivity contribution in [3.8, 4) is 11.4 Å². The first kappa shape index (κ1) is 21.7. The van der Waals surface area contributed by atoms with E-state index in [1.54, 1.807) is 25.1 Å². The van der Waals surface area contributed by atoms with Crippen LogP contribution in [-0.2, 0) is 4.79 Å². The first-order valence-corrected chi connectivity index (χ1v) is 11.0. The molecule has 1 amide bonds. The monoisotopic (exact) mass is 464 g/mol. The van der Waals surface area contributed by atoms with Gasteiger partial charge in [0.2, 0.25) is 5.91 Å². The predicted molar refractivity (Wildman–Crippen MR) is 127 cm³/mol. The Kier molecular flexibility index (Phi) is 6.34. The fraction of sp³-hybridized carbons (Fsp3) is 0.0870. The molecule has 0 unspecified atom stereocenters. The van der Waals surface area contributed by atoms with Gasteiger partial charge in [-0.15, -0.1) is 0 Å². The summed E-state index contributed by atoms with van der Waals surface area (Å²) < 4.78 is 0. The Hall–Kier alpha value is -3.49. The van der Waals surface area contributed by atoms with E-state index in [9.17, 15) is 14.9 Å². The zero-order chi connectivity index (χ0) is 22.7. The molecule has 0 aliphatic heterocycles. The van der Waals surface area contributed by atoms with Crippen LogP contribution in [0.5, 0.6) is 0 Å². The van der Waals surface area contributed by atoms with Crippen molar-refractivity contribution in [3.05, 3.63) is 87.4 Å². The number of fused-ring (bicyclic) bond motifs is 1. The highest BCUT2D eigenvalue weighted by atomic mass is 35.5. The highest BCUT2D eigenvalue weighted by molar-refractivity contribution is 8.00. The van der Waals surface area contributed by atoms with Gasteiger partial charge in [0, 0.05) is 22.0 Å². The molecule has 0 spiro atoms. The van der Waals surface area contributed by atoms with Gasteiger partial charge in [0.05, 0.1) is 16.2 Å². The van der Waals surface area contributed by atoms with Crippen molar-refractivity contribution in [2.45, 2.75) is 11.9 Å². The lowest BCUT2D eigenvalue weighted by molar-refractivity contribution is -0.384. The molecule has 4 rings (SSSR count). The van der Waals surface area contributed by atoms with Crippen molar-refractivity contribution < 1.29 is 9.72 Å². The fourth-order valence-corrected chi connectivity index (χ4v) is 4.10. The van der Waals surface area contributed by atoms with Gasteiger partial charge < -0.3 is 5.32 Å². The Morgan fingerprint density at radius 3 is 2.62 bits per heavy atom. The van der Waals surface area contributed by atoms with Crippen molar-refractivity contribution in [2.75, 3.05) is 11.1 Å². The predicted octanol–water partition coefficient (Wildman–Crippen LogP) is 5.90. The number of nitro groups is 1. The summed E-state index contributed by atoms with van der Waals surface area (Å²) in [7, 11) is 0. The normalized spacial score (nSPS) is 10.8. The van der Waals surface area contributed by atoms with Gasteiger partial charge in [0.1, 0.15) is 10.7 Å². The third-order valence-electron chi connectivity index (χ3n) is 4.62. The lowest BCUT2D eigenvalue weighted by Crippen LogP contribution is -2.15. The molecule has 7 nitrogen and oxygen atoms in total. The molecule has 0 radical (unpaired) electrons. The maximum Gasteiger partial charge on any atom is 0.293 e. The van der Waals surface area contributed by atoms with Gasteiger partial charge in [-0.1, -0.05) is 59.8 Å². The Morgan fingerprint density at radius 1 is 1.09 bits per heavy atom. The minimum absolute atomic E-state index is 0.0118. The topological polar surface area (TPSA) is 98.0 Å². The van der Waals surface area contributed by atoms with Gasteiger partial charge in [-0.3, -0.25) is 14.9 Å². The number of nitrogens with one attached hydrogen (secondary N) is 1. The lowest BCUT2D eigenvalue weighted by Gasteiger charge is -2.10. The van der Waals surface area contributed by atoms with Crippen LogP contribution in [0, 0.1) is 17.0 Å². The number of carbonyl (C=O) groups excluding carboxylic acids is 1. The smallest absolute Gasteiger partial charge is 0.293 e. The summed E-state index contributed by atoms with van der Waals surface area (Å²) in [5.74, 6) is 0.173. The van der Waals surface area contributed by atoms with Crippen molar-refractivity contribution in [2.24, 2.45) is 0 Å². The van der Waals surface area contributed by atoms with Crippen LogP contribution in [0.15, 0.2) is 71.8 Å². The number of halogens is 1. The number of aryl methyl sites for hydroxylation is 1. The minimum Gasteiger partial charge on any atom is -0.320 e. The van der Waals surface area contributed by atoms with Crippen LogP contribution < -0.4 is 5.32 Å². The zero-order valence-electron chi connectivity index (χ0n) is 16.9. The second kappa shape index (κ2) is 9.33. The minimum atomic E-state index is -0.512. The molecule has 0 atom stereocenters. The molecular weight excluding hydrogens is 448 g/mol. The van der Waals surface area contributed by atoms with E-state index in [1.807, 2.05) is 36.4 Å². The quantitative estimate of drug-likeness (QED) is 0.165. The molecule has 1 aromatic heterocycles. The largest absolute Gasteiger partial charge is 0.320 e. The number of benzene rings is 3. The van der Waals surface area contributed by atoms with E-state index in [0.29, 0.717) is 21.4 Å². The van der Waals surface area contributed by atoms with Gasteiger partial charge in [-0.25, -0.2) is 9.97 Å². The second-order valence-corrected chi connectivity index (χ2v) is 8.39. The molecule has 0 bridgehead atoms. The molecule has 4 aromatic rings. The van der Waals surface area contributed by atoms with Gasteiger partial charge in [-0.2, -0.15) is 0 Å². The molecule has 160 valence electrons. The van der Waals surface area contributed by atoms with Crippen molar-refractivity contribution >= 4 is 51.5 Å². The van der Waals surface area contributed by atoms with Gasteiger partial charge in [0.25, 0.3) is 5.69 Å². The number of carbonyl (C=O) groups is 1. The van der Waals surface area contributed by atoms with E-state index in [2.05, 4.69) is 15.3 Å². The number of hydrogen-bond donors (Lipinski definition) is 1. The lowest BCUT2D eigenvalue weighted by atomic mass is 10.2. The zero-order valence-corrected chi connectivity index (χ0v) is 18.5. The number of anilines is 1. The standard InChI is InChI=1S/C23H17ClN4O3S/c1-14-7-9-19(20(11-14)28(30)31)25-21(29)13-32-23-17-12-16(24)8-10-18(17)26-22(27-23)15-5-3-2-4-6-15/h2-12H,13H2,1H3,(H,25,29). The van der Waals surface area contributed by atoms with Gasteiger partial charge in [0.15, 0.2) is 5.82 Å². The summed E-state index contributed by atoms with van der Waals surface area (Å²) in [5.41, 5.74) is 2.31. The van der Waals surface area contributed by atoms with E-state index in [4.69, 9.17) is 11.6 Å². The molecule has 3 aromatic carbocycles. The van der Waals surface area contributed by atoms with Crippen molar-refractivity contribution in [1.29, 1.82) is 0 Å². The number of thioether (sulfide) groups is 1. The second-order valence-electron chi connectivity index (χ2n) is 6.99. The molecular formula is C23H17ClN4O3S. The van der Waals surface area contributed by atoms with Crippen molar-refractivity contribution in [1.82, 2.24) is 9.97 Å². The van der Waals surface area contributed by atoms with Crippen LogP contribution >= 0.6 is 23.4 Å². The Labute approximate surface area is 193 Å². The van der Waals surface area contributed by atoms with E-state index in [1.165, 1.54) is 23.9 Å². The number of rotatable bonds is 6. The summed E-state index contributed by atoms with van der Waals surface area (Å²) in [6.07, 6.45) is 0. The molecule has 0 saturated heterocycles. The van der Waals surface area contributed by atoms with E-state index >= 15 is 0 Å². The molecule has 0 saturated carbocycles. The average Bonchev–Trinajstić information content (AvgIpc) is 2.79. The van der Waals surface area contributed by atoms with Crippen LogP contribution in [0.3, 0.4) is 0 Å². The van der Waals surface area contributed by atoms with Crippen LogP contribution in [0.25, 0.3) is 22.3 Å². The molecule has 0 fully saturated rings. The maximum atomic E-state index is 12.6. The average molecular weight is 465 g/mol. The molecule has 9 heteroatoms. The molecule has 32 heavy (non-hydrogen) atoms. The maximum absolute atomic E-state index is 12.6. The van der Waals surface area contributed by atoms with Gasteiger partial charge in [-0.05, 0) is 36.8 Å². The van der Waals surface area contributed by atoms with E-state index in [0.717, 1.165) is 16.5 Å². The summed E-state index contributed by atoms with van der Waals surface area (Å²) in [6, 6.07) is 19.5. The summed E-state index contributed by atoms with van der Waals surface area (Å²) >= 11 is 7.39. The summed E-state index contributed by atoms with van der Waals surface area (Å²) in [5, 5.41) is 15.8. The molecule has 1 N–H and O–H groups in total. The third kappa shape index (κ3) is 4.87. The first-order chi connectivity index (χ1) is 15.4. The highest BCUT2D eigenvalue weighted by Crippen LogP contribution is 2.31. The molecule has 1 heterocycles. The van der Waals surface area contributed by atoms with Crippen LogP contribution in [0.4, 0.5) is 11.4 Å². The molecule has 0 aliphatic carbocycles. The third-order valence-corrected chi connectivity index (χ3v) is 5.85. The van der Waals surface area contributed by atoms with Crippen LogP contribution in [0.1, 0.15) is 5.56 Å². The Balaban J connectivity index is 1.61. The van der Waals surface area contributed by atoms with Crippen LogP contribution in [0.2, 0.25) is 5.02 Å². The Bertz CT molecular complexity index is 1330. The molecule has 0 aliphatic rings. The van der Waals surface area contributed by atoms with Crippen molar-refractivity contribution in [3.63, 3.8) is 0 Å². The highest BCUT2D eigenvalue weighted by Gasteiger charge is 2.17. The summed E-state index contributed by atoms with van der Waals surface area (Å²) in [4.78, 5) is 32.6. The van der Waals surface area contributed by atoms with Crippen LogP contribution in [-0.4, -0.2) is 26.6 Å². The fourth-order valence-electron chi connectivity index (χ4n) is 3.12. The number of nitro benzene ring substituents is 1. The number of aromatic nitrogens is 2. The number of nitrogens with zero attached hydrogens (tertiary/aromatic N) is 3. The van der Waals surface area contributed by atoms with Gasteiger partial charge >= 0.3 is 0 Å². The first-order valence-electron chi connectivity index (χ1n) is 9.61. The van der Waals surface area contributed by atoms with E-state index in [-0.39, 0.29) is 23.0 Å². The Morgan fingerprint density at radius 2 is 1.88 bits per heavy atom. The van der Waals surface area contributed by atoms with E-state index < -0.39 is 4.92 Å². The number of hydrogen-bond acceptors (Lipinski definition) is 6. The SMILES string of the molecule is Cc1ccc(NC(=O)CSc2nc(-c3ccccc3)nc3ccc(Cl)cc23)c([N+](=O)[O-])c1. The summed E-state index contributed by atoms with van der Waals surface area (Å²) in [6.45, 7) is 1.75.